The number of phenolic OH excluding ortho intramolecular Hbond substituents is 1. The summed E-state index contributed by atoms with van der Waals surface area (Å²) in [6, 6.07) is 2.90. The first-order valence-corrected chi connectivity index (χ1v) is 2.75. The van der Waals surface area contributed by atoms with Gasteiger partial charge in [0.2, 0.25) is 0 Å². The van der Waals surface area contributed by atoms with Crippen molar-refractivity contribution in [2.45, 2.75) is 0 Å². The average Bonchev–Trinajstić information content (AvgIpc) is 1.93. The smallest absolute Gasteiger partial charge is 0.118 e. The molecule has 0 aromatic heterocycles. The SMILES string of the molecule is [B]c1ccc(O)c([B])c1[B]. The molecule has 0 atom stereocenters. The maximum atomic E-state index is 8.96. The van der Waals surface area contributed by atoms with Crippen LogP contribution in [0.4, 0.5) is 0 Å². The van der Waals surface area contributed by atoms with Crippen molar-refractivity contribution in [3.63, 3.8) is 0 Å². The molecule has 0 aliphatic carbocycles. The van der Waals surface area contributed by atoms with Crippen LogP contribution in [-0.2, 0) is 0 Å². The molecule has 0 aliphatic heterocycles. The number of rotatable bonds is 0. The second-order valence-corrected chi connectivity index (χ2v) is 2.00. The number of phenols is 1. The third-order valence-corrected chi connectivity index (χ3v) is 1.30. The minimum Gasteiger partial charge on any atom is -0.509 e. The summed E-state index contributed by atoms with van der Waals surface area (Å²) in [6.07, 6.45) is 0. The van der Waals surface area contributed by atoms with Gasteiger partial charge in [-0.2, -0.15) is 0 Å². The zero-order valence-electron chi connectivity index (χ0n) is 5.33. The molecule has 0 unspecified atom stereocenters. The Balaban J connectivity index is 3.34. The van der Waals surface area contributed by atoms with E-state index in [2.05, 4.69) is 0 Å². The molecule has 0 amide bonds. The van der Waals surface area contributed by atoms with Gasteiger partial charge in [-0.3, -0.25) is 0 Å². The van der Waals surface area contributed by atoms with Crippen LogP contribution >= 0.6 is 0 Å². The Morgan fingerprint density at radius 2 is 1.60 bits per heavy atom. The van der Waals surface area contributed by atoms with E-state index in [9.17, 15) is 0 Å². The fourth-order valence-corrected chi connectivity index (χ4v) is 0.642. The summed E-state index contributed by atoms with van der Waals surface area (Å²) in [4.78, 5) is 0. The monoisotopic (exact) mass is 124 g/mol. The zero-order chi connectivity index (χ0) is 7.72. The summed E-state index contributed by atoms with van der Waals surface area (Å²) >= 11 is 0. The van der Waals surface area contributed by atoms with Crippen molar-refractivity contribution in [1.82, 2.24) is 0 Å². The van der Waals surface area contributed by atoms with Gasteiger partial charge in [0.1, 0.15) is 29.3 Å². The first-order valence-electron chi connectivity index (χ1n) is 2.75. The third-order valence-electron chi connectivity index (χ3n) is 1.30. The van der Waals surface area contributed by atoms with Gasteiger partial charge in [-0.25, -0.2) is 0 Å². The van der Waals surface area contributed by atoms with Crippen molar-refractivity contribution >= 4 is 39.9 Å². The highest BCUT2D eigenvalue weighted by atomic mass is 16.3. The molecule has 42 valence electrons. The van der Waals surface area contributed by atoms with Crippen LogP contribution in [0, 0.1) is 0 Å². The average molecular weight is 124 g/mol. The number of aromatic hydroxyl groups is 1. The Morgan fingerprint density at radius 1 is 1.00 bits per heavy atom. The van der Waals surface area contributed by atoms with Gasteiger partial charge in [0.25, 0.3) is 0 Å². The summed E-state index contributed by atoms with van der Waals surface area (Å²) in [5.41, 5.74) is 0.760. The highest BCUT2D eigenvalue weighted by Gasteiger charge is 1.98. The largest absolute Gasteiger partial charge is 0.509 e. The molecule has 1 nitrogen and oxygen atoms in total. The lowest BCUT2D eigenvalue weighted by molar-refractivity contribution is 0.480. The maximum absolute atomic E-state index is 8.96. The number of benzene rings is 1. The molecular weight excluding hydrogens is 121 g/mol. The molecule has 1 aromatic rings. The summed E-state index contributed by atoms with van der Waals surface area (Å²) < 4.78 is 0. The second kappa shape index (κ2) is 2.45. The van der Waals surface area contributed by atoms with Crippen LogP contribution in [0.2, 0.25) is 0 Å². The van der Waals surface area contributed by atoms with Gasteiger partial charge in [-0.1, -0.05) is 11.5 Å². The van der Waals surface area contributed by atoms with Gasteiger partial charge in [-0.15, -0.1) is 10.9 Å². The van der Waals surface area contributed by atoms with Gasteiger partial charge in [-0.05, 0) is 6.07 Å². The summed E-state index contributed by atoms with van der Waals surface area (Å²) in [5, 5.41) is 8.96. The Labute approximate surface area is 63.7 Å². The molecule has 1 aromatic carbocycles. The van der Waals surface area contributed by atoms with Gasteiger partial charge in [0.05, 0.1) is 0 Å². The second-order valence-electron chi connectivity index (χ2n) is 2.00. The minimum absolute atomic E-state index is 0.0355. The van der Waals surface area contributed by atoms with E-state index in [0.717, 1.165) is 0 Å². The highest BCUT2D eigenvalue weighted by Crippen LogP contribution is 1.96. The lowest BCUT2D eigenvalue weighted by Gasteiger charge is -2.06. The molecule has 0 saturated heterocycles. The Bertz CT molecular complexity index is 232. The predicted octanol–water partition coefficient (Wildman–Crippen LogP) is -2.23. The van der Waals surface area contributed by atoms with Crippen LogP contribution in [0.25, 0.3) is 0 Å². The Hall–Kier alpha value is -0.785. The van der Waals surface area contributed by atoms with E-state index >= 15 is 0 Å². The molecular formula is C6H3B3O. The number of hydrogen-bond donors (Lipinski definition) is 1. The molecule has 0 heterocycles. The van der Waals surface area contributed by atoms with E-state index < -0.39 is 0 Å². The summed E-state index contributed by atoms with van der Waals surface area (Å²) in [6.45, 7) is 0. The van der Waals surface area contributed by atoms with Gasteiger partial charge < -0.3 is 5.11 Å². The van der Waals surface area contributed by atoms with E-state index in [1.807, 2.05) is 0 Å². The van der Waals surface area contributed by atoms with E-state index in [1.54, 1.807) is 0 Å². The predicted molar refractivity (Wildman–Crippen MR) is 44.3 cm³/mol. The molecule has 0 saturated carbocycles. The van der Waals surface area contributed by atoms with Crippen molar-refractivity contribution in [3.8, 4) is 5.75 Å². The van der Waals surface area contributed by atoms with Crippen LogP contribution in [-0.4, -0.2) is 28.6 Å². The summed E-state index contributed by atoms with van der Waals surface area (Å²) in [5.74, 6) is -0.0355. The maximum Gasteiger partial charge on any atom is 0.118 e. The van der Waals surface area contributed by atoms with Gasteiger partial charge in [0.15, 0.2) is 0 Å². The van der Waals surface area contributed by atoms with Gasteiger partial charge in [0, 0.05) is 0 Å². The van der Waals surface area contributed by atoms with E-state index in [4.69, 9.17) is 28.6 Å². The quantitative estimate of drug-likeness (QED) is 0.388. The first kappa shape index (κ1) is 7.32. The van der Waals surface area contributed by atoms with Crippen LogP contribution in [0.3, 0.4) is 0 Å². The lowest BCUT2D eigenvalue weighted by Crippen LogP contribution is -2.38. The molecule has 4 heteroatoms. The zero-order valence-corrected chi connectivity index (χ0v) is 5.33. The fraction of sp³-hybridized carbons (Fsp3) is 0. The molecule has 0 spiro atoms. The van der Waals surface area contributed by atoms with Crippen molar-refractivity contribution in [2.75, 3.05) is 0 Å². The Kier molecular flexibility index (Phi) is 1.79. The third kappa shape index (κ3) is 1.06. The van der Waals surface area contributed by atoms with Gasteiger partial charge >= 0.3 is 0 Å². The van der Waals surface area contributed by atoms with Crippen LogP contribution in [0.5, 0.6) is 5.75 Å². The molecule has 0 aliphatic rings. The molecule has 6 radical (unpaired) electrons. The normalized spacial score (nSPS) is 9.60. The molecule has 10 heavy (non-hydrogen) atoms. The highest BCUT2D eigenvalue weighted by molar-refractivity contribution is 6.57. The summed E-state index contributed by atoms with van der Waals surface area (Å²) in [7, 11) is 16.1. The molecule has 0 fully saturated rings. The van der Waals surface area contributed by atoms with Crippen molar-refractivity contribution in [2.24, 2.45) is 0 Å². The van der Waals surface area contributed by atoms with Crippen LogP contribution < -0.4 is 16.4 Å². The molecule has 1 N–H and O–H groups in total. The Morgan fingerprint density at radius 3 is 2.10 bits per heavy atom. The van der Waals surface area contributed by atoms with E-state index in [1.165, 1.54) is 12.1 Å². The van der Waals surface area contributed by atoms with Crippen molar-refractivity contribution < 1.29 is 5.11 Å². The standard InChI is InChI=1S/C6H3B3O/c7-3-1-2-4(10)6(9)5(3)8/h1-2,10H. The molecule has 0 bridgehead atoms. The van der Waals surface area contributed by atoms with E-state index in [0.29, 0.717) is 5.46 Å². The molecule has 1 rings (SSSR count). The first-order chi connectivity index (χ1) is 4.63. The topological polar surface area (TPSA) is 20.2 Å². The van der Waals surface area contributed by atoms with Crippen molar-refractivity contribution in [1.29, 1.82) is 0 Å². The minimum atomic E-state index is -0.0355. The lowest BCUT2D eigenvalue weighted by atomic mass is 9.72. The van der Waals surface area contributed by atoms with Crippen molar-refractivity contribution in [3.05, 3.63) is 12.1 Å². The van der Waals surface area contributed by atoms with Crippen LogP contribution in [0.15, 0.2) is 12.1 Å². The fourth-order valence-electron chi connectivity index (χ4n) is 0.642. The van der Waals surface area contributed by atoms with Crippen LogP contribution in [0.1, 0.15) is 0 Å². The van der Waals surface area contributed by atoms with E-state index in [-0.39, 0.29) is 16.7 Å². The number of hydrogen-bond acceptors (Lipinski definition) is 1.